The quantitative estimate of drug-likeness (QED) is 0.304. The van der Waals surface area contributed by atoms with Crippen molar-refractivity contribution in [3.8, 4) is 0 Å². The highest BCUT2D eigenvalue weighted by molar-refractivity contribution is 14.1. The van der Waals surface area contributed by atoms with Crippen molar-refractivity contribution in [1.82, 2.24) is 0 Å². The van der Waals surface area contributed by atoms with Crippen molar-refractivity contribution in [2.75, 3.05) is 6.61 Å². The average molecular weight is 404 g/mol. The van der Waals surface area contributed by atoms with Gasteiger partial charge in [-0.15, -0.1) is 0 Å². The van der Waals surface area contributed by atoms with E-state index in [1.165, 1.54) is 41.2 Å². The molecule has 0 heterocycles. The smallest absolute Gasteiger partial charge is 0.450 e. The predicted molar refractivity (Wildman–Crippen MR) is 93.9 cm³/mol. The van der Waals surface area contributed by atoms with Crippen LogP contribution < -0.4 is 0 Å². The molecule has 0 aliphatic carbocycles. The maximum absolute atomic E-state index is 10.5. The first kappa shape index (κ1) is 18.3. The standard InChI is InChI=1S/C17H25IO3/c1-2-3-4-5-6-7-14(12-13-21-17(19)20)15-8-10-16(18)11-9-15/h8-11,14H,2-7,12-13H2,1H3,(H,19,20). The maximum atomic E-state index is 10.5. The second-order valence-corrected chi connectivity index (χ2v) is 6.60. The van der Waals surface area contributed by atoms with E-state index in [9.17, 15) is 4.79 Å². The van der Waals surface area contributed by atoms with Crippen LogP contribution in [0.15, 0.2) is 24.3 Å². The number of hydrogen-bond acceptors (Lipinski definition) is 2. The van der Waals surface area contributed by atoms with E-state index in [1.807, 2.05) is 0 Å². The van der Waals surface area contributed by atoms with Gasteiger partial charge in [0.05, 0.1) is 6.61 Å². The Balaban J connectivity index is 2.48. The second-order valence-electron chi connectivity index (χ2n) is 5.35. The van der Waals surface area contributed by atoms with Gasteiger partial charge in [-0.2, -0.15) is 0 Å². The summed E-state index contributed by atoms with van der Waals surface area (Å²) in [4.78, 5) is 10.5. The summed E-state index contributed by atoms with van der Waals surface area (Å²) < 4.78 is 5.90. The van der Waals surface area contributed by atoms with Crippen molar-refractivity contribution in [2.24, 2.45) is 0 Å². The van der Waals surface area contributed by atoms with Gasteiger partial charge in [0.25, 0.3) is 0 Å². The Labute approximate surface area is 141 Å². The van der Waals surface area contributed by atoms with Gasteiger partial charge < -0.3 is 9.84 Å². The Morgan fingerprint density at radius 1 is 1.14 bits per heavy atom. The van der Waals surface area contributed by atoms with Gasteiger partial charge in [0.15, 0.2) is 0 Å². The minimum atomic E-state index is -1.18. The lowest BCUT2D eigenvalue weighted by Crippen LogP contribution is -2.07. The van der Waals surface area contributed by atoms with Crippen molar-refractivity contribution >= 4 is 28.7 Å². The zero-order chi connectivity index (χ0) is 15.5. The molecule has 0 saturated heterocycles. The van der Waals surface area contributed by atoms with Crippen LogP contribution in [0.4, 0.5) is 4.79 Å². The number of halogens is 1. The summed E-state index contributed by atoms with van der Waals surface area (Å²) in [7, 11) is 0. The van der Waals surface area contributed by atoms with E-state index >= 15 is 0 Å². The van der Waals surface area contributed by atoms with Gasteiger partial charge in [0, 0.05) is 3.57 Å². The number of carbonyl (C=O) groups is 1. The Morgan fingerprint density at radius 2 is 1.81 bits per heavy atom. The summed E-state index contributed by atoms with van der Waals surface area (Å²) in [5, 5.41) is 8.58. The van der Waals surface area contributed by atoms with Gasteiger partial charge in [-0.3, -0.25) is 0 Å². The van der Waals surface area contributed by atoms with Crippen LogP contribution in [-0.4, -0.2) is 17.9 Å². The van der Waals surface area contributed by atoms with Gasteiger partial charge >= 0.3 is 6.16 Å². The van der Waals surface area contributed by atoms with E-state index in [1.54, 1.807) is 0 Å². The van der Waals surface area contributed by atoms with Crippen LogP contribution in [0.3, 0.4) is 0 Å². The molecule has 1 atom stereocenters. The van der Waals surface area contributed by atoms with E-state index in [0.29, 0.717) is 5.92 Å². The van der Waals surface area contributed by atoms with Gasteiger partial charge in [-0.05, 0) is 59.0 Å². The lowest BCUT2D eigenvalue weighted by atomic mass is 9.90. The number of rotatable bonds is 10. The van der Waals surface area contributed by atoms with E-state index in [-0.39, 0.29) is 6.61 Å². The van der Waals surface area contributed by atoms with Crippen molar-refractivity contribution in [3.05, 3.63) is 33.4 Å². The van der Waals surface area contributed by atoms with E-state index < -0.39 is 6.16 Å². The number of unbranched alkanes of at least 4 members (excludes halogenated alkanes) is 4. The highest BCUT2D eigenvalue weighted by Crippen LogP contribution is 2.27. The van der Waals surface area contributed by atoms with E-state index in [4.69, 9.17) is 5.11 Å². The van der Waals surface area contributed by atoms with Crippen molar-refractivity contribution in [2.45, 2.75) is 57.8 Å². The molecular formula is C17H25IO3. The van der Waals surface area contributed by atoms with Crippen LogP contribution >= 0.6 is 22.6 Å². The minimum Gasteiger partial charge on any atom is -0.450 e. The number of carboxylic acid groups (broad SMARTS) is 1. The lowest BCUT2D eigenvalue weighted by Gasteiger charge is -2.17. The van der Waals surface area contributed by atoms with Gasteiger partial charge in [-0.25, -0.2) is 4.79 Å². The summed E-state index contributed by atoms with van der Waals surface area (Å²) in [6.07, 6.45) is 7.00. The summed E-state index contributed by atoms with van der Waals surface area (Å²) in [6.45, 7) is 2.50. The Morgan fingerprint density at radius 3 is 2.43 bits per heavy atom. The fourth-order valence-electron chi connectivity index (χ4n) is 2.50. The molecule has 0 radical (unpaired) electrons. The van der Waals surface area contributed by atoms with Gasteiger partial charge in [0.1, 0.15) is 0 Å². The lowest BCUT2D eigenvalue weighted by molar-refractivity contribution is 0.0885. The molecule has 0 aliphatic heterocycles. The molecule has 0 aromatic heterocycles. The monoisotopic (exact) mass is 404 g/mol. The number of hydrogen-bond donors (Lipinski definition) is 1. The molecule has 0 saturated carbocycles. The summed E-state index contributed by atoms with van der Waals surface area (Å²) in [5.41, 5.74) is 1.29. The van der Waals surface area contributed by atoms with Crippen LogP contribution in [0.5, 0.6) is 0 Å². The molecule has 21 heavy (non-hydrogen) atoms. The molecule has 0 bridgehead atoms. The number of ether oxygens (including phenoxy) is 1. The fourth-order valence-corrected chi connectivity index (χ4v) is 2.85. The molecular weight excluding hydrogens is 379 g/mol. The topological polar surface area (TPSA) is 46.5 Å². The van der Waals surface area contributed by atoms with Crippen LogP contribution in [0.2, 0.25) is 0 Å². The molecule has 0 aliphatic rings. The van der Waals surface area contributed by atoms with E-state index in [0.717, 1.165) is 12.8 Å². The third kappa shape index (κ3) is 8.29. The van der Waals surface area contributed by atoms with Crippen molar-refractivity contribution < 1.29 is 14.6 Å². The SMILES string of the molecule is CCCCCCCC(CCOC(=O)O)c1ccc(I)cc1. The predicted octanol–water partition coefficient (Wildman–Crippen LogP) is 5.82. The Hall–Kier alpha value is -0.780. The minimum absolute atomic E-state index is 0.279. The molecule has 1 N–H and O–H groups in total. The molecule has 118 valence electrons. The van der Waals surface area contributed by atoms with Crippen LogP contribution in [0, 0.1) is 3.57 Å². The Kier molecular flexibility index (Phi) is 9.46. The Bertz CT molecular complexity index is 403. The highest BCUT2D eigenvalue weighted by Gasteiger charge is 2.12. The van der Waals surface area contributed by atoms with Gasteiger partial charge in [0.2, 0.25) is 0 Å². The summed E-state index contributed by atoms with van der Waals surface area (Å²) >= 11 is 2.30. The molecule has 1 rings (SSSR count). The average Bonchev–Trinajstić information content (AvgIpc) is 2.46. The zero-order valence-corrected chi connectivity index (χ0v) is 14.8. The molecule has 1 unspecified atom stereocenters. The van der Waals surface area contributed by atoms with Gasteiger partial charge in [-0.1, -0.05) is 51.2 Å². The normalized spacial score (nSPS) is 12.1. The summed E-state index contributed by atoms with van der Waals surface area (Å²) in [6, 6.07) is 8.52. The molecule has 1 aromatic rings. The molecule has 0 amide bonds. The van der Waals surface area contributed by atoms with Crippen LogP contribution in [-0.2, 0) is 4.74 Å². The molecule has 4 heteroatoms. The molecule has 3 nitrogen and oxygen atoms in total. The molecule has 1 aromatic carbocycles. The first-order valence-electron chi connectivity index (χ1n) is 7.74. The van der Waals surface area contributed by atoms with Crippen LogP contribution in [0.1, 0.15) is 63.4 Å². The maximum Gasteiger partial charge on any atom is 0.505 e. The first-order valence-corrected chi connectivity index (χ1v) is 8.82. The highest BCUT2D eigenvalue weighted by atomic mass is 127. The fraction of sp³-hybridized carbons (Fsp3) is 0.588. The zero-order valence-electron chi connectivity index (χ0n) is 12.7. The largest absolute Gasteiger partial charge is 0.505 e. The second kappa shape index (κ2) is 10.9. The molecule has 0 spiro atoms. The van der Waals surface area contributed by atoms with Crippen molar-refractivity contribution in [3.63, 3.8) is 0 Å². The first-order chi connectivity index (χ1) is 10.1. The van der Waals surface area contributed by atoms with Crippen molar-refractivity contribution in [1.29, 1.82) is 0 Å². The number of benzene rings is 1. The van der Waals surface area contributed by atoms with E-state index in [2.05, 4.69) is 58.5 Å². The molecule has 0 fully saturated rings. The third-order valence-corrected chi connectivity index (χ3v) is 4.41. The summed E-state index contributed by atoms with van der Waals surface area (Å²) in [5.74, 6) is 0.392. The van der Waals surface area contributed by atoms with Crippen LogP contribution in [0.25, 0.3) is 0 Å². The third-order valence-electron chi connectivity index (χ3n) is 3.69.